The Bertz CT molecular complexity index is 572. The highest BCUT2D eigenvalue weighted by atomic mass is 16.6. The molecule has 1 aromatic carbocycles. The summed E-state index contributed by atoms with van der Waals surface area (Å²) in [4.78, 5) is 34.3. The van der Waals surface area contributed by atoms with E-state index in [-0.39, 0.29) is 11.3 Å². The van der Waals surface area contributed by atoms with Crippen LogP contribution in [0.4, 0.5) is 10.5 Å². The molecule has 0 aromatic heterocycles. The van der Waals surface area contributed by atoms with Gasteiger partial charge in [-0.2, -0.15) is 0 Å². The average Bonchev–Trinajstić information content (AvgIpc) is 2.67. The Labute approximate surface area is 122 Å². The van der Waals surface area contributed by atoms with E-state index in [0.29, 0.717) is 17.7 Å². The number of benzene rings is 1. The smallest absolute Gasteiger partial charge is 0.415 e. The second-order valence-corrected chi connectivity index (χ2v) is 6.18. The van der Waals surface area contributed by atoms with Crippen LogP contribution < -0.4 is 10.6 Å². The summed E-state index contributed by atoms with van der Waals surface area (Å²) in [5.74, 6) is -0.551. The molecule has 3 amide bonds. The molecular weight excluding hydrogens is 272 g/mol. The molecule has 21 heavy (non-hydrogen) atoms. The number of hydrogen-bond donors (Lipinski definition) is 2. The fourth-order valence-corrected chi connectivity index (χ4v) is 2.00. The standard InChI is InChI=1S/C15H18N2O4/c1-15(2,3)8-11(18)16-10-6-4-9(5-7-10)12-13(19)17-14(20)21-12/h4-7,12H,8H2,1-3H3,(H,16,18)(H,17,19,20). The number of rotatable bonds is 3. The largest absolute Gasteiger partial charge is 0.431 e. The van der Waals surface area contributed by atoms with Gasteiger partial charge < -0.3 is 10.1 Å². The van der Waals surface area contributed by atoms with Gasteiger partial charge in [-0.15, -0.1) is 0 Å². The van der Waals surface area contributed by atoms with Gasteiger partial charge in [-0.3, -0.25) is 14.9 Å². The van der Waals surface area contributed by atoms with Crippen LogP contribution in [-0.4, -0.2) is 17.9 Å². The van der Waals surface area contributed by atoms with Crippen molar-refractivity contribution < 1.29 is 19.1 Å². The van der Waals surface area contributed by atoms with Crippen molar-refractivity contribution in [1.29, 1.82) is 0 Å². The number of alkyl carbamates (subject to hydrolysis) is 1. The van der Waals surface area contributed by atoms with Crippen molar-refractivity contribution in [3.05, 3.63) is 29.8 Å². The molecule has 6 nitrogen and oxygen atoms in total. The van der Waals surface area contributed by atoms with Crippen molar-refractivity contribution >= 4 is 23.6 Å². The summed E-state index contributed by atoms with van der Waals surface area (Å²) in [6.45, 7) is 5.97. The van der Waals surface area contributed by atoms with Crippen LogP contribution in [0.2, 0.25) is 0 Å². The van der Waals surface area contributed by atoms with Crippen molar-refractivity contribution in [2.45, 2.75) is 33.3 Å². The monoisotopic (exact) mass is 290 g/mol. The molecule has 0 saturated carbocycles. The number of amides is 3. The van der Waals surface area contributed by atoms with Crippen molar-refractivity contribution in [1.82, 2.24) is 5.32 Å². The van der Waals surface area contributed by atoms with Crippen LogP contribution in [0.15, 0.2) is 24.3 Å². The minimum absolute atomic E-state index is 0.0692. The molecule has 2 rings (SSSR count). The third-order valence-corrected chi connectivity index (χ3v) is 2.88. The van der Waals surface area contributed by atoms with Crippen LogP contribution in [0.25, 0.3) is 0 Å². The number of imide groups is 1. The Hall–Kier alpha value is -2.37. The lowest BCUT2D eigenvalue weighted by atomic mass is 9.92. The van der Waals surface area contributed by atoms with E-state index >= 15 is 0 Å². The molecule has 1 saturated heterocycles. The fourth-order valence-electron chi connectivity index (χ4n) is 2.00. The van der Waals surface area contributed by atoms with Crippen molar-refractivity contribution in [2.24, 2.45) is 5.41 Å². The number of ether oxygens (including phenoxy) is 1. The molecule has 1 aliphatic rings. The molecule has 1 atom stereocenters. The van der Waals surface area contributed by atoms with E-state index in [9.17, 15) is 14.4 Å². The van der Waals surface area contributed by atoms with Gasteiger partial charge in [0.1, 0.15) is 0 Å². The fraction of sp³-hybridized carbons (Fsp3) is 0.400. The maximum Gasteiger partial charge on any atom is 0.415 e. The zero-order valence-electron chi connectivity index (χ0n) is 12.2. The van der Waals surface area contributed by atoms with Crippen LogP contribution in [0, 0.1) is 5.41 Å². The first-order valence-corrected chi connectivity index (χ1v) is 6.66. The Kier molecular flexibility index (Phi) is 3.97. The van der Waals surface area contributed by atoms with Crippen LogP contribution in [0.5, 0.6) is 0 Å². The Balaban J connectivity index is 2.01. The maximum absolute atomic E-state index is 11.8. The number of nitrogens with one attached hydrogen (secondary N) is 2. The predicted octanol–water partition coefficient (Wildman–Crippen LogP) is 2.37. The molecule has 1 aliphatic heterocycles. The zero-order chi connectivity index (χ0) is 15.6. The molecule has 0 spiro atoms. The van der Waals surface area contributed by atoms with E-state index in [4.69, 9.17) is 4.74 Å². The summed E-state index contributed by atoms with van der Waals surface area (Å²) in [5.41, 5.74) is 1.12. The lowest BCUT2D eigenvalue weighted by Crippen LogP contribution is -2.20. The molecule has 0 aliphatic carbocycles. The van der Waals surface area contributed by atoms with Crippen molar-refractivity contribution in [3.8, 4) is 0 Å². The molecule has 1 heterocycles. The SMILES string of the molecule is CC(C)(C)CC(=O)Nc1ccc(C2OC(=O)NC2=O)cc1. The van der Waals surface area contributed by atoms with E-state index in [1.165, 1.54) is 0 Å². The van der Waals surface area contributed by atoms with E-state index in [0.717, 1.165) is 0 Å². The highest BCUT2D eigenvalue weighted by Gasteiger charge is 2.33. The van der Waals surface area contributed by atoms with Crippen molar-refractivity contribution in [2.75, 3.05) is 5.32 Å². The van der Waals surface area contributed by atoms with Gasteiger partial charge in [0.2, 0.25) is 12.0 Å². The predicted molar refractivity (Wildman–Crippen MR) is 76.5 cm³/mol. The summed E-state index contributed by atoms with van der Waals surface area (Å²) in [6, 6.07) is 6.65. The van der Waals surface area contributed by atoms with Gasteiger partial charge in [-0.25, -0.2) is 4.79 Å². The Morgan fingerprint density at radius 3 is 2.33 bits per heavy atom. The number of anilines is 1. The lowest BCUT2D eigenvalue weighted by molar-refractivity contribution is -0.123. The molecule has 2 N–H and O–H groups in total. The number of carbonyl (C=O) groups is 3. The normalized spacial score (nSPS) is 18.1. The number of hydrogen-bond acceptors (Lipinski definition) is 4. The third-order valence-electron chi connectivity index (χ3n) is 2.88. The first-order valence-electron chi connectivity index (χ1n) is 6.66. The Morgan fingerprint density at radius 1 is 1.24 bits per heavy atom. The molecular formula is C15H18N2O4. The van der Waals surface area contributed by atoms with Crippen LogP contribution in [-0.2, 0) is 14.3 Å². The zero-order valence-corrected chi connectivity index (χ0v) is 12.2. The quantitative estimate of drug-likeness (QED) is 0.895. The van der Waals surface area contributed by atoms with E-state index < -0.39 is 18.1 Å². The maximum atomic E-state index is 11.8. The summed E-state index contributed by atoms with van der Waals surface area (Å²) in [7, 11) is 0. The molecule has 0 radical (unpaired) electrons. The summed E-state index contributed by atoms with van der Waals surface area (Å²) < 4.78 is 4.86. The summed E-state index contributed by atoms with van der Waals surface area (Å²) >= 11 is 0. The average molecular weight is 290 g/mol. The van der Waals surface area contributed by atoms with Gasteiger partial charge in [0, 0.05) is 17.7 Å². The molecule has 1 fully saturated rings. The minimum atomic E-state index is -0.920. The van der Waals surface area contributed by atoms with Crippen molar-refractivity contribution in [3.63, 3.8) is 0 Å². The molecule has 112 valence electrons. The second-order valence-electron chi connectivity index (χ2n) is 6.18. The van der Waals surface area contributed by atoms with E-state index in [2.05, 4.69) is 10.6 Å². The summed E-state index contributed by atoms with van der Waals surface area (Å²) in [5, 5.41) is 4.86. The molecule has 1 aromatic rings. The van der Waals surface area contributed by atoms with Gasteiger partial charge in [0.15, 0.2) is 0 Å². The van der Waals surface area contributed by atoms with Gasteiger partial charge in [0.25, 0.3) is 5.91 Å². The highest BCUT2D eigenvalue weighted by molar-refractivity contribution is 6.00. The highest BCUT2D eigenvalue weighted by Crippen LogP contribution is 2.24. The molecule has 6 heteroatoms. The van der Waals surface area contributed by atoms with Gasteiger partial charge in [-0.05, 0) is 17.5 Å². The lowest BCUT2D eigenvalue weighted by Gasteiger charge is -2.17. The second kappa shape index (κ2) is 5.55. The molecule has 1 unspecified atom stereocenters. The Morgan fingerprint density at radius 2 is 1.86 bits per heavy atom. The molecule has 0 bridgehead atoms. The van der Waals surface area contributed by atoms with E-state index in [1.807, 2.05) is 20.8 Å². The van der Waals surface area contributed by atoms with Crippen LogP contribution >= 0.6 is 0 Å². The number of carbonyl (C=O) groups excluding carboxylic acids is 3. The topological polar surface area (TPSA) is 84.5 Å². The first-order chi connectivity index (χ1) is 9.74. The first kappa shape index (κ1) is 15.0. The van der Waals surface area contributed by atoms with E-state index in [1.54, 1.807) is 24.3 Å². The van der Waals surface area contributed by atoms with Gasteiger partial charge in [0.05, 0.1) is 0 Å². The van der Waals surface area contributed by atoms with Gasteiger partial charge in [-0.1, -0.05) is 32.9 Å². The third kappa shape index (κ3) is 4.05. The number of cyclic esters (lactones) is 1. The van der Waals surface area contributed by atoms with Gasteiger partial charge >= 0.3 is 6.09 Å². The van der Waals surface area contributed by atoms with Crippen LogP contribution in [0.1, 0.15) is 38.9 Å². The van der Waals surface area contributed by atoms with Crippen LogP contribution in [0.3, 0.4) is 0 Å². The summed E-state index contributed by atoms with van der Waals surface area (Å²) in [6.07, 6.45) is -1.25. The minimum Gasteiger partial charge on any atom is -0.431 e.